The largest absolute Gasteiger partial charge is 0.508 e. The maximum Gasteiger partial charge on any atom is 0.118 e. The van der Waals surface area contributed by atoms with Gasteiger partial charge in [-0.05, 0) is 36.8 Å². The third kappa shape index (κ3) is 9.09. The van der Waals surface area contributed by atoms with Crippen LogP contribution in [0.4, 0.5) is 0 Å². The minimum absolute atomic E-state index is 0.452. The molecule has 1 fully saturated rings. The average molecular weight is 306 g/mol. The monoisotopic (exact) mass is 306 g/mol. The Kier molecular flexibility index (Phi) is 10.8. The van der Waals surface area contributed by atoms with Gasteiger partial charge in [-0.1, -0.05) is 70.6 Å². The SMILES string of the molecule is CC1CCOC1.CCCCCCCCCc1ccccc1O. The van der Waals surface area contributed by atoms with E-state index in [4.69, 9.17) is 4.74 Å². The summed E-state index contributed by atoms with van der Waals surface area (Å²) < 4.78 is 5.06. The van der Waals surface area contributed by atoms with Gasteiger partial charge in [-0.25, -0.2) is 0 Å². The highest BCUT2D eigenvalue weighted by Gasteiger charge is 2.07. The number of ether oxygens (including phenoxy) is 1. The second-order valence-electron chi connectivity index (χ2n) is 6.47. The Labute approximate surface area is 136 Å². The number of aryl methyl sites for hydroxylation is 1. The Balaban J connectivity index is 0.000000335. The second-order valence-corrected chi connectivity index (χ2v) is 6.47. The van der Waals surface area contributed by atoms with Gasteiger partial charge in [0.25, 0.3) is 0 Å². The maximum absolute atomic E-state index is 9.58. The van der Waals surface area contributed by atoms with E-state index in [9.17, 15) is 5.11 Å². The maximum atomic E-state index is 9.58. The van der Waals surface area contributed by atoms with Crippen molar-refractivity contribution in [1.82, 2.24) is 0 Å². The number of benzene rings is 1. The summed E-state index contributed by atoms with van der Waals surface area (Å²) in [6.07, 6.45) is 11.6. The van der Waals surface area contributed by atoms with E-state index in [2.05, 4.69) is 13.8 Å². The van der Waals surface area contributed by atoms with Crippen molar-refractivity contribution in [2.24, 2.45) is 5.92 Å². The molecule has 1 heterocycles. The molecule has 1 aromatic rings. The van der Waals surface area contributed by atoms with Gasteiger partial charge in [0.1, 0.15) is 5.75 Å². The van der Waals surface area contributed by atoms with Crippen LogP contribution in [0.15, 0.2) is 24.3 Å². The van der Waals surface area contributed by atoms with Crippen LogP contribution in [0, 0.1) is 5.92 Å². The van der Waals surface area contributed by atoms with Gasteiger partial charge in [-0.3, -0.25) is 0 Å². The molecule has 2 rings (SSSR count). The molecule has 0 spiro atoms. The van der Waals surface area contributed by atoms with Crippen molar-refractivity contribution in [3.8, 4) is 5.75 Å². The highest BCUT2D eigenvalue weighted by atomic mass is 16.5. The molecule has 1 aliphatic heterocycles. The molecule has 22 heavy (non-hydrogen) atoms. The molecule has 1 N–H and O–H groups in total. The molecule has 0 radical (unpaired) electrons. The van der Waals surface area contributed by atoms with Gasteiger partial charge < -0.3 is 9.84 Å². The molecule has 1 aliphatic rings. The Morgan fingerprint density at radius 2 is 1.73 bits per heavy atom. The molecule has 0 saturated carbocycles. The van der Waals surface area contributed by atoms with Crippen LogP contribution in [0.5, 0.6) is 5.75 Å². The normalized spacial score (nSPS) is 17.1. The molecule has 1 saturated heterocycles. The molecular formula is C20H34O2. The zero-order valence-electron chi connectivity index (χ0n) is 14.5. The minimum atomic E-state index is 0.452. The quantitative estimate of drug-likeness (QED) is 0.622. The van der Waals surface area contributed by atoms with Crippen molar-refractivity contribution in [2.45, 2.75) is 71.6 Å². The Morgan fingerprint density at radius 3 is 2.27 bits per heavy atom. The van der Waals surface area contributed by atoms with E-state index in [1.54, 1.807) is 6.07 Å². The number of unbranched alkanes of at least 4 members (excludes halogenated alkanes) is 6. The van der Waals surface area contributed by atoms with Crippen LogP contribution in [0.1, 0.15) is 70.8 Å². The van der Waals surface area contributed by atoms with E-state index >= 15 is 0 Å². The molecule has 1 aromatic carbocycles. The molecule has 0 amide bonds. The molecule has 2 heteroatoms. The first-order chi connectivity index (χ1) is 10.7. The van der Waals surface area contributed by atoms with Crippen LogP contribution < -0.4 is 0 Å². The van der Waals surface area contributed by atoms with E-state index in [0.717, 1.165) is 31.1 Å². The number of phenolic OH excluding ortho intramolecular Hbond substituents is 1. The Bertz CT molecular complexity index is 370. The highest BCUT2D eigenvalue weighted by molar-refractivity contribution is 5.31. The third-order valence-electron chi connectivity index (χ3n) is 4.20. The number of para-hydroxylation sites is 1. The van der Waals surface area contributed by atoms with Gasteiger partial charge in [-0.15, -0.1) is 0 Å². The zero-order valence-corrected chi connectivity index (χ0v) is 14.5. The predicted molar refractivity (Wildman–Crippen MR) is 94.4 cm³/mol. The topological polar surface area (TPSA) is 29.5 Å². The minimum Gasteiger partial charge on any atom is -0.508 e. The van der Waals surface area contributed by atoms with Crippen molar-refractivity contribution >= 4 is 0 Å². The lowest BCUT2D eigenvalue weighted by molar-refractivity contribution is 0.188. The van der Waals surface area contributed by atoms with Gasteiger partial charge in [0, 0.05) is 13.2 Å². The van der Waals surface area contributed by atoms with Crippen molar-refractivity contribution in [3.63, 3.8) is 0 Å². The number of hydrogen-bond acceptors (Lipinski definition) is 2. The third-order valence-corrected chi connectivity index (χ3v) is 4.20. The fourth-order valence-corrected chi connectivity index (χ4v) is 2.65. The summed E-state index contributed by atoms with van der Waals surface area (Å²) >= 11 is 0. The van der Waals surface area contributed by atoms with Crippen LogP contribution in [0.2, 0.25) is 0 Å². The van der Waals surface area contributed by atoms with E-state index < -0.39 is 0 Å². The fourth-order valence-electron chi connectivity index (χ4n) is 2.65. The van der Waals surface area contributed by atoms with Gasteiger partial charge in [-0.2, -0.15) is 0 Å². The molecule has 1 unspecified atom stereocenters. The van der Waals surface area contributed by atoms with Crippen molar-refractivity contribution < 1.29 is 9.84 Å². The summed E-state index contributed by atoms with van der Waals surface area (Å²) in [6.45, 7) is 6.44. The number of hydrogen-bond donors (Lipinski definition) is 1. The van der Waals surface area contributed by atoms with Crippen LogP contribution >= 0.6 is 0 Å². The van der Waals surface area contributed by atoms with E-state index in [-0.39, 0.29) is 0 Å². The number of aromatic hydroxyl groups is 1. The first-order valence-corrected chi connectivity index (χ1v) is 9.08. The fraction of sp³-hybridized carbons (Fsp3) is 0.700. The van der Waals surface area contributed by atoms with Gasteiger partial charge in [0.05, 0.1) is 0 Å². The molecular weight excluding hydrogens is 272 g/mol. The standard InChI is InChI=1S/C15H24O.C5H10O/c1-2-3-4-5-6-7-8-11-14-12-9-10-13-15(14)16;1-5-2-3-6-4-5/h9-10,12-13,16H,2-8,11H2,1H3;5H,2-4H2,1H3. The summed E-state index contributed by atoms with van der Waals surface area (Å²) in [6, 6.07) is 7.67. The Hall–Kier alpha value is -1.02. The molecule has 126 valence electrons. The highest BCUT2D eigenvalue weighted by Crippen LogP contribution is 2.18. The lowest BCUT2D eigenvalue weighted by Crippen LogP contribution is -1.88. The number of rotatable bonds is 8. The molecule has 1 atom stereocenters. The van der Waals surface area contributed by atoms with Crippen LogP contribution in [-0.2, 0) is 11.2 Å². The van der Waals surface area contributed by atoms with Crippen LogP contribution in [-0.4, -0.2) is 18.3 Å². The average Bonchev–Trinajstić information content (AvgIpc) is 3.00. The van der Waals surface area contributed by atoms with Crippen molar-refractivity contribution in [3.05, 3.63) is 29.8 Å². The second kappa shape index (κ2) is 12.5. The van der Waals surface area contributed by atoms with Crippen molar-refractivity contribution in [1.29, 1.82) is 0 Å². The summed E-state index contributed by atoms with van der Waals surface area (Å²) in [7, 11) is 0. The van der Waals surface area contributed by atoms with Gasteiger partial charge in [0.2, 0.25) is 0 Å². The molecule has 0 aliphatic carbocycles. The molecule has 0 bridgehead atoms. The van der Waals surface area contributed by atoms with Gasteiger partial charge >= 0.3 is 0 Å². The number of phenols is 1. The summed E-state index contributed by atoms with van der Waals surface area (Å²) in [5, 5.41) is 9.58. The summed E-state index contributed by atoms with van der Waals surface area (Å²) in [4.78, 5) is 0. The lowest BCUT2D eigenvalue weighted by Gasteiger charge is -2.04. The van der Waals surface area contributed by atoms with Crippen LogP contribution in [0.3, 0.4) is 0 Å². The summed E-state index contributed by atoms with van der Waals surface area (Å²) in [5.41, 5.74) is 1.09. The smallest absolute Gasteiger partial charge is 0.118 e. The first kappa shape index (κ1) is 19.0. The van der Waals surface area contributed by atoms with E-state index in [0.29, 0.717) is 5.75 Å². The lowest BCUT2D eigenvalue weighted by atomic mass is 10.0. The predicted octanol–water partition coefficient (Wildman–Crippen LogP) is 5.73. The van der Waals surface area contributed by atoms with Crippen LogP contribution in [0.25, 0.3) is 0 Å². The van der Waals surface area contributed by atoms with Gasteiger partial charge in [0.15, 0.2) is 0 Å². The molecule has 0 aromatic heterocycles. The van der Waals surface area contributed by atoms with E-state index in [1.807, 2.05) is 18.2 Å². The zero-order chi connectivity index (χ0) is 16.0. The molecule has 2 nitrogen and oxygen atoms in total. The summed E-state index contributed by atoms with van der Waals surface area (Å²) in [5.74, 6) is 1.28. The first-order valence-electron chi connectivity index (χ1n) is 9.08. The Morgan fingerprint density at radius 1 is 1.05 bits per heavy atom. The van der Waals surface area contributed by atoms with E-state index in [1.165, 1.54) is 51.4 Å². The van der Waals surface area contributed by atoms with Crippen molar-refractivity contribution in [2.75, 3.05) is 13.2 Å².